The molecule has 2 nitrogen and oxygen atoms in total. The number of hydrogen-bond donors (Lipinski definition) is 0. The summed E-state index contributed by atoms with van der Waals surface area (Å²) in [7, 11) is 0. The van der Waals surface area contributed by atoms with Gasteiger partial charge in [-0.25, -0.2) is 0 Å². The molecule has 0 aliphatic heterocycles. The van der Waals surface area contributed by atoms with Crippen molar-refractivity contribution in [2.45, 2.75) is 32.1 Å². The zero-order valence-corrected chi connectivity index (χ0v) is 33.2. The highest BCUT2D eigenvalue weighted by atomic mass is 32.1. The zero-order chi connectivity index (χ0) is 38.5. The number of aryl methyl sites for hydroxylation is 1. The lowest BCUT2D eigenvalue weighted by Crippen LogP contribution is -2.14. The van der Waals surface area contributed by atoms with Gasteiger partial charge in [0.15, 0.2) is 0 Å². The highest BCUT2D eigenvalue weighted by Crippen LogP contribution is 2.52. The van der Waals surface area contributed by atoms with Gasteiger partial charge < -0.3 is 9.32 Å². The summed E-state index contributed by atoms with van der Waals surface area (Å²) < 4.78 is 9.54. The molecule has 0 spiro atoms. The second-order valence-corrected chi connectivity index (χ2v) is 17.4. The summed E-state index contributed by atoms with van der Waals surface area (Å²) in [5.74, 6) is 0. The third-order valence-corrected chi connectivity index (χ3v) is 13.9. The Bertz CT molecular complexity index is 3310. The summed E-state index contributed by atoms with van der Waals surface area (Å²) in [4.78, 5) is 2.45. The SMILES string of the molecule is CC1(C)c2ccccc2-c2ccc(-c3cc(N(c4ccc(-c5ccccc5)cc4)c4cccc5c4sc4ccccc45)cc4oc5cc6c(cc5c34)C=CCC6)cc21. The van der Waals surface area contributed by atoms with Gasteiger partial charge in [-0.05, 0) is 117 Å². The minimum absolute atomic E-state index is 0.121. The van der Waals surface area contributed by atoms with Crippen LogP contribution in [0.4, 0.5) is 17.1 Å². The normalized spacial score (nSPS) is 14.0. The lowest BCUT2D eigenvalue weighted by molar-refractivity contribution is 0.660. The third kappa shape index (κ3) is 5.03. The number of hydrogen-bond acceptors (Lipinski definition) is 3. The molecule has 2 heterocycles. The number of fused-ring (bicyclic) bond motifs is 10. The quantitative estimate of drug-likeness (QED) is 0.174. The van der Waals surface area contributed by atoms with E-state index in [0.29, 0.717) is 0 Å². The Morgan fingerprint density at radius 2 is 1.31 bits per heavy atom. The summed E-state index contributed by atoms with van der Waals surface area (Å²) in [6.07, 6.45) is 6.67. The number of furan rings is 1. The van der Waals surface area contributed by atoms with Gasteiger partial charge in [-0.15, -0.1) is 11.3 Å². The van der Waals surface area contributed by atoms with Crippen molar-refractivity contribution in [2.24, 2.45) is 0 Å². The molecule has 0 saturated heterocycles. The molecule has 2 aliphatic rings. The number of allylic oxidation sites excluding steroid dienone is 1. The van der Waals surface area contributed by atoms with Crippen molar-refractivity contribution < 1.29 is 4.42 Å². The molecule has 2 aliphatic carbocycles. The van der Waals surface area contributed by atoms with Crippen LogP contribution >= 0.6 is 11.3 Å². The molecule has 0 atom stereocenters. The Morgan fingerprint density at radius 3 is 2.21 bits per heavy atom. The molecule has 0 unspecified atom stereocenters. The Morgan fingerprint density at radius 1 is 0.552 bits per heavy atom. The molecule has 0 saturated carbocycles. The summed E-state index contributed by atoms with van der Waals surface area (Å²) in [6, 6.07) is 60.6. The van der Waals surface area contributed by atoms with Crippen LogP contribution in [0.3, 0.4) is 0 Å². The van der Waals surface area contributed by atoms with Gasteiger partial charge in [0, 0.05) is 43.4 Å². The van der Waals surface area contributed by atoms with Gasteiger partial charge in [0.1, 0.15) is 11.2 Å². The van der Waals surface area contributed by atoms with Gasteiger partial charge in [-0.2, -0.15) is 0 Å². The van der Waals surface area contributed by atoms with Crippen molar-refractivity contribution in [3.8, 4) is 33.4 Å². The predicted molar refractivity (Wildman–Crippen MR) is 247 cm³/mol. The predicted octanol–water partition coefficient (Wildman–Crippen LogP) is 16.0. The largest absolute Gasteiger partial charge is 0.456 e. The number of benzene rings is 8. The van der Waals surface area contributed by atoms with Crippen LogP contribution in [0.25, 0.3) is 81.6 Å². The maximum Gasteiger partial charge on any atom is 0.138 e. The van der Waals surface area contributed by atoms with Crippen LogP contribution in [0.2, 0.25) is 0 Å². The molecule has 0 N–H and O–H groups in total. The molecule has 2 aromatic heterocycles. The Kier molecular flexibility index (Phi) is 7.30. The Balaban J connectivity index is 1.14. The van der Waals surface area contributed by atoms with Gasteiger partial charge in [0.2, 0.25) is 0 Å². The molecule has 58 heavy (non-hydrogen) atoms. The highest BCUT2D eigenvalue weighted by molar-refractivity contribution is 7.26. The second kappa shape index (κ2) is 12.7. The van der Waals surface area contributed by atoms with Gasteiger partial charge in [0.25, 0.3) is 0 Å². The van der Waals surface area contributed by atoms with Crippen molar-refractivity contribution in [3.63, 3.8) is 0 Å². The standard InChI is InChI=1S/C55H39NOS/c1-55(2)47-20-10-8-17-41(47)42-28-25-38(30-48(42)55)45-32-40(33-51-53(45)46-29-36-15-6-7-16-37(36)31-50(46)57-51)56(39-26-23-35(24-27-39)34-13-4-3-5-14-34)49-21-12-19-44-43-18-9-11-22-52(43)58-54(44)49/h3-6,8-15,17-33H,7,16H2,1-2H3. The molecule has 0 fully saturated rings. The molecule has 12 rings (SSSR count). The van der Waals surface area contributed by atoms with E-state index in [4.69, 9.17) is 4.42 Å². The molecule has 276 valence electrons. The van der Waals surface area contributed by atoms with Crippen molar-refractivity contribution in [2.75, 3.05) is 4.90 Å². The molecule has 0 bridgehead atoms. The maximum atomic E-state index is 6.99. The summed E-state index contributed by atoms with van der Waals surface area (Å²) in [5.41, 5.74) is 17.8. The van der Waals surface area contributed by atoms with E-state index in [-0.39, 0.29) is 5.41 Å². The fraction of sp³-hybridized carbons (Fsp3) is 0.0909. The average Bonchev–Trinajstić information content (AvgIpc) is 3.90. The molecule has 0 radical (unpaired) electrons. The first-order valence-corrected chi connectivity index (χ1v) is 21.1. The molecule has 0 amide bonds. The van der Waals surface area contributed by atoms with Crippen molar-refractivity contribution in [1.29, 1.82) is 0 Å². The fourth-order valence-corrected chi connectivity index (χ4v) is 11.0. The van der Waals surface area contributed by atoms with Gasteiger partial charge >= 0.3 is 0 Å². The van der Waals surface area contributed by atoms with E-state index in [1.54, 1.807) is 0 Å². The van der Waals surface area contributed by atoms with Crippen LogP contribution in [0.5, 0.6) is 0 Å². The smallest absolute Gasteiger partial charge is 0.138 e. The average molecular weight is 762 g/mol. The monoisotopic (exact) mass is 761 g/mol. The van der Waals surface area contributed by atoms with Crippen molar-refractivity contribution in [1.82, 2.24) is 0 Å². The van der Waals surface area contributed by atoms with Crippen LogP contribution in [0.15, 0.2) is 174 Å². The molecular weight excluding hydrogens is 723 g/mol. The van der Waals surface area contributed by atoms with E-state index in [2.05, 4.69) is 195 Å². The van der Waals surface area contributed by atoms with E-state index >= 15 is 0 Å². The topological polar surface area (TPSA) is 16.4 Å². The van der Waals surface area contributed by atoms with Crippen molar-refractivity contribution >= 4 is 76.6 Å². The van der Waals surface area contributed by atoms with E-state index in [1.165, 1.54) is 75.8 Å². The van der Waals surface area contributed by atoms with Crippen LogP contribution in [-0.2, 0) is 11.8 Å². The minimum Gasteiger partial charge on any atom is -0.456 e. The number of anilines is 3. The first kappa shape index (κ1) is 33.5. The lowest BCUT2D eigenvalue weighted by atomic mass is 9.81. The minimum atomic E-state index is -0.121. The molecule has 3 heteroatoms. The third-order valence-electron chi connectivity index (χ3n) is 12.7. The van der Waals surface area contributed by atoms with Crippen LogP contribution in [0, 0.1) is 0 Å². The molecular formula is C55H39NOS. The van der Waals surface area contributed by atoms with E-state index in [9.17, 15) is 0 Å². The Hall–Kier alpha value is -6.68. The first-order valence-electron chi connectivity index (χ1n) is 20.3. The second-order valence-electron chi connectivity index (χ2n) is 16.4. The molecule has 10 aromatic rings. The summed E-state index contributed by atoms with van der Waals surface area (Å²) >= 11 is 1.86. The lowest BCUT2D eigenvalue weighted by Gasteiger charge is -2.27. The highest BCUT2D eigenvalue weighted by Gasteiger charge is 2.35. The summed E-state index contributed by atoms with van der Waals surface area (Å²) in [6.45, 7) is 4.73. The van der Waals surface area contributed by atoms with Crippen LogP contribution in [-0.4, -0.2) is 0 Å². The van der Waals surface area contributed by atoms with Gasteiger partial charge in [0.05, 0.1) is 16.1 Å². The van der Waals surface area contributed by atoms with Gasteiger partial charge in [-0.1, -0.05) is 135 Å². The van der Waals surface area contributed by atoms with Crippen molar-refractivity contribution in [3.05, 3.63) is 192 Å². The number of thiophene rings is 1. The van der Waals surface area contributed by atoms with Crippen LogP contribution in [0.1, 0.15) is 42.5 Å². The van der Waals surface area contributed by atoms with Crippen LogP contribution < -0.4 is 4.90 Å². The number of nitrogens with zero attached hydrogens (tertiary/aromatic N) is 1. The van der Waals surface area contributed by atoms with Gasteiger partial charge in [-0.3, -0.25) is 0 Å². The summed E-state index contributed by atoms with van der Waals surface area (Å²) in [5, 5.41) is 4.88. The fourth-order valence-electron chi connectivity index (χ4n) is 9.81. The molecule has 8 aromatic carbocycles. The van der Waals surface area contributed by atoms with E-state index in [1.807, 2.05) is 11.3 Å². The van der Waals surface area contributed by atoms with E-state index in [0.717, 1.165) is 51.8 Å². The zero-order valence-electron chi connectivity index (χ0n) is 32.4. The first-order chi connectivity index (χ1) is 28.5. The Labute approximate surface area is 341 Å². The van der Waals surface area contributed by atoms with E-state index < -0.39 is 0 Å². The number of rotatable bonds is 5. The maximum absolute atomic E-state index is 6.99.